The number of anilines is 1. The van der Waals surface area contributed by atoms with E-state index < -0.39 is 5.97 Å². The Labute approximate surface area is 285 Å². The van der Waals surface area contributed by atoms with Gasteiger partial charge in [0.25, 0.3) is 0 Å². The molecule has 1 atom stereocenters. The molecule has 48 heavy (non-hydrogen) atoms. The Morgan fingerprint density at radius 1 is 1.06 bits per heavy atom. The fourth-order valence-corrected chi connectivity index (χ4v) is 6.27. The molecule has 1 fully saturated rings. The summed E-state index contributed by atoms with van der Waals surface area (Å²) in [6, 6.07) is 16.8. The summed E-state index contributed by atoms with van der Waals surface area (Å²) >= 11 is 1.25. The molecular weight excluding hydrogens is 625 g/mol. The minimum absolute atomic E-state index is 0.0487. The van der Waals surface area contributed by atoms with Crippen molar-refractivity contribution in [1.82, 2.24) is 25.3 Å². The predicted octanol–water partition coefficient (Wildman–Crippen LogP) is 8.14. The van der Waals surface area contributed by atoms with Crippen molar-refractivity contribution in [2.24, 2.45) is 5.41 Å². The van der Waals surface area contributed by atoms with Gasteiger partial charge >= 0.3 is 5.97 Å². The first-order valence-electron chi connectivity index (χ1n) is 16.2. The van der Waals surface area contributed by atoms with E-state index in [0.717, 1.165) is 50.7 Å². The van der Waals surface area contributed by atoms with Gasteiger partial charge in [0.1, 0.15) is 17.9 Å². The largest absolute Gasteiger partial charge is 0.478 e. The summed E-state index contributed by atoms with van der Waals surface area (Å²) in [6.45, 7) is 13.7. The number of carboxylic acid groups (broad SMARTS) is 1. The first kappa shape index (κ1) is 33.4. The number of benzene rings is 2. The van der Waals surface area contributed by atoms with Gasteiger partial charge in [0.05, 0.1) is 23.1 Å². The van der Waals surface area contributed by atoms with Crippen LogP contribution in [0, 0.1) is 19.3 Å². The van der Waals surface area contributed by atoms with Gasteiger partial charge in [-0.25, -0.2) is 19.7 Å². The lowest BCUT2D eigenvalue weighted by molar-refractivity contribution is 0.0696. The summed E-state index contributed by atoms with van der Waals surface area (Å²) in [5.74, 6) is 0.704. The second kappa shape index (κ2) is 13.6. The van der Waals surface area contributed by atoms with Crippen LogP contribution in [0.1, 0.15) is 79.9 Å². The van der Waals surface area contributed by atoms with E-state index >= 15 is 0 Å². The van der Waals surface area contributed by atoms with Crippen molar-refractivity contribution in [3.63, 3.8) is 0 Å². The molecule has 0 spiro atoms. The Bertz CT molecular complexity index is 1930. The van der Waals surface area contributed by atoms with Gasteiger partial charge in [-0.1, -0.05) is 52.0 Å². The standard InChI is InChI=1S/C37H42N6O4S/c1-22-9-7-10-23(2)32(22)28-17-31(42-35(41-28)43-48-27-12-8-11-24(15-27)34(44)45)46-21-25(18-37(6)13-14-37)38-19-26-20-39-33-29(40-26)16-30(47-33)36(3,4)5/h7-12,15-17,20,25,38H,13-14,18-19,21H2,1-6H3,(H,44,45)(H,41,42,43). The van der Waals surface area contributed by atoms with Crippen LogP contribution in [0.5, 0.6) is 5.88 Å². The van der Waals surface area contributed by atoms with E-state index in [4.69, 9.17) is 24.1 Å². The molecule has 11 heteroatoms. The lowest BCUT2D eigenvalue weighted by Crippen LogP contribution is -2.36. The van der Waals surface area contributed by atoms with E-state index in [9.17, 15) is 9.90 Å². The van der Waals surface area contributed by atoms with Gasteiger partial charge in [0.2, 0.25) is 17.5 Å². The lowest BCUT2D eigenvalue weighted by atomic mass is 9.93. The number of nitrogens with one attached hydrogen (secondary N) is 2. The molecule has 1 unspecified atom stereocenters. The van der Waals surface area contributed by atoms with Crippen LogP contribution in [-0.4, -0.2) is 43.7 Å². The average Bonchev–Trinajstić information content (AvgIpc) is 3.60. The first-order valence-corrected chi connectivity index (χ1v) is 17.0. The van der Waals surface area contributed by atoms with Crippen LogP contribution in [0.4, 0.5) is 5.95 Å². The number of aromatic carboxylic acids is 1. The van der Waals surface area contributed by atoms with Crippen molar-refractivity contribution >= 4 is 35.1 Å². The minimum atomic E-state index is -0.978. The minimum Gasteiger partial charge on any atom is -0.478 e. The van der Waals surface area contributed by atoms with Crippen LogP contribution in [0.2, 0.25) is 0 Å². The van der Waals surface area contributed by atoms with Gasteiger partial charge in [-0.2, -0.15) is 4.98 Å². The third kappa shape index (κ3) is 8.14. The molecule has 1 saturated carbocycles. The zero-order valence-corrected chi connectivity index (χ0v) is 29.1. The second-order valence-electron chi connectivity index (χ2n) is 14.0. The van der Waals surface area contributed by atoms with Crippen molar-refractivity contribution in [1.29, 1.82) is 0 Å². The Morgan fingerprint density at radius 2 is 1.81 bits per heavy atom. The highest BCUT2D eigenvalue weighted by atomic mass is 32.2. The van der Waals surface area contributed by atoms with Crippen molar-refractivity contribution in [3.8, 4) is 17.1 Å². The topological polar surface area (TPSA) is 135 Å². The number of hydrogen-bond donors (Lipinski definition) is 3. The van der Waals surface area contributed by atoms with Crippen molar-refractivity contribution in [3.05, 3.63) is 88.9 Å². The molecule has 1 aliphatic carbocycles. The molecule has 2 aromatic carbocycles. The van der Waals surface area contributed by atoms with Gasteiger partial charge < -0.3 is 19.6 Å². The number of carbonyl (C=O) groups is 1. The molecule has 0 amide bonds. The monoisotopic (exact) mass is 666 g/mol. The van der Waals surface area contributed by atoms with Crippen molar-refractivity contribution < 1.29 is 19.1 Å². The number of fused-ring (bicyclic) bond motifs is 1. The number of hydrogen-bond acceptors (Lipinski definition) is 10. The van der Waals surface area contributed by atoms with E-state index in [-0.39, 0.29) is 22.4 Å². The third-order valence-corrected chi connectivity index (χ3v) is 9.43. The number of furan rings is 1. The summed E-state index contributed by atoms with van der Waals surface area (Å²) in [4.78, 5) is 31.1. The normalized spacial score (nSPS) is 14.5. The Hall–Kier alpha value is -4.48. The quantitative estimate of drug-likeness (QED) is 0.105. The summed E-state index contributed by atoms with van der Waals surface area (Å²) in [6.07, 6.45) is 5.11. The molecule has 3 N–H and O–H groups in total. The molecule has 1 aliphatic rings. The second-order valence-corrected chi connectivity index (χ2v) is 14.9. The van der Waals surface area contributed by atoms with Crippen molar-refractivity contribution in [2.75, 3.05) is 11.3 Å². The maximum Gasteiger partial charge on any atom is 0.335 e. The molecule has 0 saturated heterocycles. The maximum absolute atomic E-state index is 11.5. The summed E-state index contributed by atoms with van der Waals surface area (Å²) in [5.41, 5.74) is 6.48. The van der Waals surface area contributed by atoms with Gasteiger partial charge in [0.15, 0.2) is 0 Å². The molecule has 250 valence electrons. The van der Waals surface area contributed by atoms with Gasteiger partial charge in [0, 0.05) is 40.6 Å². The van der Waals surface area contributed by atoms with E-state index in [2.05, 4.69) is 68.7 Å². The van der Waals surface area contributed by atoms with E-state index in [0.29, 0.717) is 30.7 Å². The number of ether oxygens (including phenoxy) is 1. The van der Waals surface area contributed by atoms with Crippen LogP contribution in [0.15, 0.2) is 70.1 Å². The SMILES string of the molecule is Cc1cccc(C)c1-c1cc(OCC(CC2(C)CC2)NCc2cnc3oc(C(C)(C)C)cc3n2)nc(NSc2cccc(C(=O)O)c2)n1. The highest BCUT2D eigenvalue weighted by Gasteiger charge is 2.39. The molecule has 10 nitrogen and oxygen atoms in total. The molecular formula is C37H42N6O4S. The fourth-order valence-electron chi connectivity index (χ4n) is 5.64. The number of aromatic nitrogens is 4. The summed E-state index contributed by atoms with van der Waals surface area (Å²) in [7, 11) is 0. The zero-order chi connectivity index (χ0) is 34.1. The molecule has 0 aliphatic heterocycles. The third-order valence-electron chi connectivity index (χ3n) is 8.66. The predicted molar refractivity (Wildman–Crippen MR) is 188 cm³/mol. The van der Waals surface area contributed by atoms with E-state index in [1.165, 1.54) is 24.8 Å². The lowest BCUT2D eigenvalue weighted by Gasteiger charge is -2.22. The molecule has 6 rings (SSSR count). The molecule has 3 heterocycles. The number of carboxylic acids is 1. The van der Waals surface area contributed by atoms with E-state index in [1.807, 2.05) is 24.3 Å². The average molecular weight is 667 g/mol. The zero-order valence-electron chi connectivity index (χ0n) is 28.3. The van der Waals surface area contributed by atoms with Gasteiger partial charge in [-0.3, -0.25) is 4.72 Å². The highest BCUT2D eigenvalue weighted by Crippen LogP contribution is 2.49. The number of aryl methyl sites for hydroxylation is 2. The van der Waals surface area contributed by atoms with E-state index in [1.54, 1.807) is 24.4 Å². The molecule has 0 radical (unpaired) electrons. The fraction of sp³-hybridized carbons (Fsp3) is 0.378. The Balaban J connectivity index is 1.21. The first-order chi connectivity index (χ1) is 22.8. The Kier molecular flexibility index (Phi) is 9.44. The van der Waals surface area contributed by atoms with Crippen LogP contribution in [0.25, 0.3) is 22.5 Å². The van der Waals surface area contributed by atoms with Gasteiger partial charge in [-0.05, 0) is 79.8 Å². The molecule has 0 bridgehead atoms. The van der Waals surface area contributed by atoms with Gasteiger partial charge in [-0.15, -0.1) is 0 Å². The summed E-state index contributed by atoms with van der Waals surface area (Å²) < 4.78 is 15.6. The smallest absolute Gasteiger partial charge is 0.335 e. The Morgan fingerprint density at radius 3 is 2.52 bits per heavy atom. The van der Waals surface area contributed by atoms with Crippen LogP contribution < -0.4 is 14.8 Å². The number of rotatable bonds is 13. The van der Waals surface area contributed by atoms with Crippen LogP contribution >= 0.6 is 11.9 Å². The van der Waals surface area contributed by atoms with Crippen molar-refractivity contribution in [2.45, 2.75) is 83.7 Å². The number of nitrogens with zero attached hydrogens (tertiary/aromatic N) is 4. The maximum atomic E-state index is 11.5. The van der Waals surface area contributed by atoms with Crippen LogP contribution in [-0.2, 0) is 12.0 Å². The summed E-state index contributed by atoms with van der Waals surface area (Å²) in [5, 5.41) is 13.1. The molecule has 5 aromatic rings. The highest BCUT2D eigenvalue weighted by molar-refractivity contribution is 8.00. The van der Waals surface area contributed by atoms with Crippen LogP contribution in [0.3, 0.4) is 0 Å². The molecule has 3 aromatic heterocycles.